The van der Waals surface area contributed by atoms with Gasteiger partial charge < -0.3 is 25.4 Å². The van der Waals surface area contributed by atoms with Gasteiger partial charge in [0.15, 0.2) is 0 Å². The first kappa shape index (κ1) is 25.8. The first-order valence-electron chi connectivity index (χ1n) is 12.0. The van der Waals surface area contributed by atoms with E-state index < -0.39 is 6.09 Å². The third kappa shape index (κ3) is 7.08. The number of phenols is 1. The maximum absolute atomic E-state index is 12.2. The lowest BCUT2D eigenvalue weighted by Gasteiger charge is -2.30. The third-order valence-corrected chi connectivity index (χ3v) is 7.03. The molecular formula is C26H35N3O4S. The quantitative estimate of drug-likeness (QED) is 0.273. The number of thiazole rings is 1. The smallest absolute Gasteiger partial charge is 0.407 e. The number of benzene rings is 2. The number of hydrogen-bond acceptors (Lipinski definition) is 5. The second-order valence-electron chi connectivity index (χ2n) is 8.77. The number of carbonyl (C=O) groups is 1. The molecule has 8 heteroatoms. The van der Waals surface area contributed by atoms with Crippen LogP contribution in [0.1, 0.15) is 50.7 Å². The molecule has 0 saturated heterocycles. The fourth-order valence-corrected chi connectivity index (χ4v) is 5.37. The number of nitrogens with one attached hydrogen (secondary N) is 2. The zero-order valence-corrected chi connectivity index (χ0v) is 20.7. The Kier molecular flexibility index (Phi) is 9.53. The lowest BCUT2D eigenvalue weighted by molar-refractivity contribution is 0.138. The normalized spacial score (nSPS) is 12.3. The van der Waals surface area contributed by atoms with Gasteiger partial charge in [0.25, 0.3) is 0 Å². The Labute approximate surface area is 204 Å². The van der Waals surface area contributed by atoms with Crippen LogP contribution >= 0.6 is 11.3 Å². The number of carboxylic acid groups (broad SMARTS) is 1. The average molecular weight is 486 g/mol. The number of aromatic nitrogens is 1. The van der Waals surface area contributed by atoms with Gasteiger partial charge in [-0.1, -0.05) is 74.4 Å². The van der Waals surface area contributed by atoms with E-state index in [1.165, 1.54) is 10.5 Å². The maximum Gasteiger partial charge on any atom is 0.407 e. The van der Waals surface area contributed by atoms with Gasteiger partial charge in [-0.3, -0.25) is 4.79 Å². The van der Waals surface area contributed by atoms with Gasteiger partial charge in [0.05, 0.1) is 4.70 Å². The zero-order chi connectivity index (χ0) is 24.5. The van der Waals surface area contributed by atoms with E-state index >= 15 is 0 Å². The molecule has 4 N–H and O–H groups in total. The molecule has 0 spiro atoms. The van der Waals surface area contributed by atoms with Crippen LogP contribution in [0.2, 0.25) is 0 Å². The molecule has 184 valence electrons. The van der Waals surface area contributed by atoms with Crippen LogP contribution in [0.25, 0.3) is 10.2 Å². The summed E-state index contributed by atoms with van der Waals surface area (Å²) in [7, 11) is 0. The standard InChI is InChI=1S/C26H35N3O4S/c1-3-8-20(9-4-2)27-21(16-18-10-6-5-7-11-18)17-29(26(32)33)15-14-19-12-13-22(30)23-24(19)34-25(31)28-23/h5-7,10-13,20-21,27,30H,3-4,8-9,14-17H2,1-2H3,(H,28,31)(H,32,33). The molecule has 1 heterocycles. The van der Waals surface area contributed by atoms with Crippen LogP contribution in [0.5, 0.6) is 5.75 Å². The lowest BCUT2D eigenvalue weighted by Crippen LogP contribution is -2.48. The summed E-state index contributed by atoms with van der Waals surface area (Å²) in [6, 6.07) is 13.8. The Morgan fingerprint density at radius 3 is 2.44 bits per heavy atom. The van der Waals surface area contributed by atoms with Crippen LogP contribution in [0.3, 0.4) is 0 Å². The number of H-pyrrole nitrogens is 1. The molecule has 0 aliphatic heterocycles. The van der Waals surface area contributed by atoms with E-state index in [1.807, 2.05) is 18.2 Å². The Hall–Kier alpha value is -2.84. The fourth-order valence-electron chi connectivity index (χ4n) is 4.47. The topological polar surface area (TPSA) is 106 Å². The van der Waals surface area contributed by atoms with E-state index in [9.17, 15) is 19.8 Å². The van der Waals surface area contributed by atoms with Crippen LogP contribution in [-0.4, -0.2) is 51.4 Å². The van der Waals surface area contributed by atoms with Gasteiger partial charge in [-0.2, -0.15) is 0 Å². The molecule has 1 amide bonds. The van der Waals surface area contributed by atoms with E-state index in [1.54, 1.807) is 12.1 Å². The number of hydrogen-bond donors (Lipinski definition) is 4. The fraction of sp³-hybridized carbons (Fsp3) is 0.462. The van der Waals surface area contributed by atoms with Crippen LogP contribution < -0.4 is 10.2 Å². The Morgan fingerprint density at radius 2 is 1.79 bits per heavy atom. The number of aromatic amines is 1. The molecule has 1 atom stereocenters. The van der Waals surface area contributed by atoms with Crippen molar-refractivity contribution in [2.75, 3.05) is 13.1 Å². The van der Waals surface area contributed by atoms with Crippen LogP contribution in [0, 0.1) is 0 Å². The lowest BCUT2D eigenvalue weighted by atomic mass is 10.0. The van der Waals surface area contributed by atoms with Crippen molar-refractivity contribution in [2.45, 2.75) is 64.5 Å². The second-order valence-corrected chi connectivity index (χ2v) is 9.75. The Morgan fingerprint density at radius 1 is 1.09 bits per heavy atom. The molecule has 3 rings (SSSR count). The van der Waals surface area contributed by atoms with Gasteiger partial charge in [0, 0.05) is 25.2 Å². The minimum Gasteiger partial charge on any atom is -0.506 e. The summed E-state index contributed by atoms with van der Waals surface area (Å²) in [5, 5.41) is 23.7. The number of rotatable bonds is 13. The van der Waals surface area contributed by atoms with Crippen molar-refractivity contribution in [1.82, 2.24) is 15.2 Å². The monoisotopic (exact) mass is 485 g/mol. The minimum absolute atomic E-state index is 0.00949. The molecule has 7 nitrogen and oxygen atoms in total. The maximum atomic E-state index is 12.2. The first-order valence-corrected chi connectivity index (χ1v) is 12.8. The third-order valence-electron chi connectivity index (χ3n) is 6.07. The first-order chi connectivity index (χ1) is 16.4. The predicted octanol–water partition coefficient (Wildman–Crippen LogP) is 4.99. The van der Waals surface area contributed by atoms with Gasteiger partial charge in [-0.15, -0.1) is 0 Å². The van der Waals surface area contributed by atoms with E-state index in [0.717, 1.165) is 49.0 Å². The molecule has 0 fully saturated rings. The Bertz CT molecular complexity index is 1110. The molecule has 0 aliphatic rings. The molecule has 1 aromatic heterocycles. The van der Waals surface area contributed by atoms with E-state index in [4.69, 9.17) is 0 Å². The average Bonchev–Trinajstić information content (AvgIpc) is 3.21. The van der Waals surface area contributed by atoms with Crippen LogP contribution in [0.15, 0.2) is 47.3 Å². The van der Waals surface area contributed by atoms with E-state index in [-0.39, 0.29) is 16.7 Å². The summed E-state index contributed by atoms with van der Waals surface area (Å²) in [6.45, 7) is 5.03. The molecule has 1 unspecified atom stereocenters. The highest BCUT2D eigenvalue weighted by atomic mass is 32.1. The summed E-state index contributed by atoms with van der Waals surface area (Å²) in [5.41, 5.74) is 2.44. The highest BCUT2D eigenvalue weighted by Crippen LogP contribution is 2.28. The van der Waals surface area contributed by atoms with Crippen molar-refractivity contribution in [1.29, 1.82) is 0 Å². The molecule has 0 bridgehead atoms. The highest BCUT2D eigenvalue weighted by molar-refractivity contribution is 7.16. The largest absolute Gasteiger partial charge is 0.506 e. The molecule has 3 aromatic rings. The number of phenolic OH excluding ortho intramolecular Hbond substituents is 1. The van der Waals surface area contributed by atoms with E-state index in [0.29, 0.717) is 35.8 Å². The zero-order valence-electron chi connectivity index (χ0n) is 19.9. The molecule has 2 aromatic carbocycles. The van der Waals surface area contributed by atoms with Gasteiger partial charge in [0.2, 0.25) is 0 Å². The van der Waals surface area contributed by atoms with Crippen molar-refractivity contribution >= 4 is 27.6 Å². The molecular weight excluding hydrogens is 450 g/mol. The van der Waals surface area contributed by atoms with Gasteiger partial charge in [0.1, 0.15) is 11.3 Å². The number of fused-ring (bicyclic) bond motifs is 1. The summed E-state index contributed by atoms with van der Waals surface area (Å²) in [4.78, 5) is 27.9. The van der Waals surface area contributed by atoms with Crippen LogP contribution in [-0.2, 0) is 12.8 Å². The van der Waals surface area contributed by atoms with Crippen LogP contribution in [0.4, 0.5) is 4.79 Å². The van der Waals surface area contributed by atoms with E-state index in [2.05, 4.69) is 36.3 Å². The van der Waals surface area contributed by atoms with Gasteiger partial charge >= 0.3 is 11.0 Å². The number of aromatic hydroxyl groups is 1. The number of amides is 1. The Balaban J connectivity index is 1.76. The van der Waals surface area contributed by atoms with Crippen molar-refractivity contribution in [3.8, 4) is 5.75 Å². The summed E-state index contributed by atoms with van der Waals surface area (Å²) in [5.74, 6) is 0.0252. The van der Waals surface area contributed by atoms with Gasteiger partial charge in [-0.05, 0) is 42.9 Å². The van der Waals surface area contributed by atoms with Crippen molar-refractivity contribution in [2.24, 2.45) is 0 Å². The minimum atomic E-state index is -0.959. The predicted molar refractivity (Wildman–Crippen MR) is 138 cm³/mol. The number of nitrogens with zero attached hydrogens (tertiary/aromatic N) is 1. The SMILES string of the molecule is CCCC(CCC)NC(Cc1ccccc1)CN(CCc1ccc(O)c2[nH]c(=O)sc12)C(=O)O. The highest BCUT2D eigenvalue weighted by Gasteiger charge is 2.22. The van der Waals surface area contributed by atoms with Crippen molar-refractivity contribution in [3.05, 3.63) is 63.3 Å². The summed E-state index contributed by atoms with van der Waals surface area (Å²) >= 11 is 1.04. The van der Waals surface area contributed by atoms with Gasteiger partial charge in [-0.25, -0.2) is 4.79 Å². The second kappa shape index (κ2) is 12.6. The molecule has 0 aliphatic carbocycles. The van der Waals surface area contributed by atoms with Crippen molar-refractivity contribution < 1.29 is 15.0 Å². The summed E-state index contributed by atoms with van der Waals surface area (Å²) < 4.78 is 0.681. The summed E-state index contributed by atoms with van der Waals surface area (Å²) in [6.07, 6.45) is 4.52. The molecule has 0 saturated carbocycles. The molecule has 0 radical (unpaired) electrons. The van der Waals surface area contributed by atoms with Crippen molar-refractivity contribution in [3.63, 3.8) is 0 Å². The molecule has 34 heavy (non-hydrogen) atoms.